The highest BCUT2D eigenvalue weighted by Gasteiger charge is 2.29. The average Bonchev–Trinajstić information content (AvgIpc) is 2.31. The first-order chi connectivity index (χ1) is 8.49. The van der Waals surface area contributed by atoms with Crippen LogP contribution in [0, 0.1) is 12.7 Å². The molecule has 0 saturated carbocycles. The van der Waals surface area contributed by atoms with E-state index in [1.165, 1.54) is 6.07 Å². The molecule has 4 heteroatoms. The van der Waals surface area contributed by atoms with E-state index >= 15 is 0 Å². The van der Waals surface area contributed by atoms with Gasteiger partial charge in [-0.05, 0) is 44.3 Å². The van der Waals surface area contributed by atoms with E-state index in [1.807, 2.05) is 13.0 Å². The van der Waals surface area contributed by atoms with Gasteiger partial charge in [-0.3, -0.25) is 4.90 Å². The number of nitrogens with two attached hydrogens (primary N) is 1. The van der Waals surface area contributed by atoms with E-state index < -0.39 is 0 Å². The number of hydrogen-bond acceptors (Lipinski definition) is 3. The monoisotopic (exact) mass is 251 g/mol. The molecule has 3 nitrogen and oxygen atoms in total. The van der Waals surface area contributed by atoms with Crippen LogP contribution in [0.4, 0.5) is 4.39 Å². The number of rotatable bonds is 2. The van der Waals surface area contributed by atoms with Crippen LogP contribution in [0.15, 0.2) is 18.2 Å². The number of piperazine rings is 1. The summed E-state index contributed by atoms with van der Waals surface area (Å²) in [6, 6.07) is 5.08. The summed E-state index contributed by atoms with van der Waals surface area (Å²) in [4.78, 5) is 4.59. The SMILES string of the molecule is Cc1cc(F)ccc1C(N)C1CN(C)CCN1C. The van der Waals surface area contributed by atoms with Gasteiger partial charge in [-0.2, -0.15) is 0 Å². The fourth-order valence-electron chi connectivity index (χ4n) is 2.65. The zero-order chi connectivity index (χ0) is 13.3. The first kappa shape index (κ1) is 13.5. The van der Waals surface area contributed by atoms with Crippen molar-refractivity contribution in [3.05, 3.63) is 35.1 Å². The first-order valence-electron chi connectivity index (χ1n) is 6.39. The van der Waals surface area contributed by atoms with E-state index in [1.54, 1.807) is 6.07 Å². The van der Waals surface area contributed by atoms with Crippen LogP contribution in [0.2, 0.25) is 0 Å². The second kappa shape index (κ2) is 5.34. The van der Waals surface area contributed by atoms with Gasteiger partial charge in [0, 0.05) is 31.7 Å². The van der Waals surface area contributed by atoms with Crippen molar-refractivity contribution >= 4 is 0 Å². The average molecular weight is 251 g/mol. The van der Waals surface area contributed by atoms with Crippen molar-refractivity contribution in [3.63, 3.8) is 0 Å². The summed E-state index contributed by atoms with van der Waals surface area (Å²) in [6.07, 6.45) is 0. The minimum atomic E-state index is -0.197. The lowest BCUT2D eigenvalue weighted by Crippen LogP contribution is -2.54. The Kier molecular flexibility index (Phi) is 4.00. The van der Waals surface area contributed by atoms with Crippen molar-refractivity contribution in [3.8, 4) is 0 Å². The van der Waals surface area contributed by atoms with E-state index in [0.717, 1.165) is 30.8 Å². The molecule has 1 saturated heterocycles. The molecule has 1 aliphatic heterocycles. The van der Waals surface area contributed by atoms with Crippen LogP contribution in [0.3, 0.4) is 0 Å². The maximum Gasteiger partial charge on any atom is 0.123 e. The minimum absolute atomic E-state index is 0.0710. The lowest BCUT2D eigenvalue weighted by atomic mass is 9.94. The Hall–Kier alpha value is -0.970. The molecule has 18 heavy (non-hydrogen) atoms. The van der Waals surface area contributed by atoms with E-state index in [-0.39, 0.29) is 17.9 Å². The van der Waals surface area contributed by atoms with Crippen LogP contribution in [0.1, 0.15) is 17.2 Å². The van der Waals surface area contributed by atoms with Crippen LogP contribution in [0.5, 0.6) is 0 Å². The normalized spacial score (nSPS) is 24.2. The van der Waals surface area contributed by atoms with Gasteiger partial charge in [0.2, 0.25) is 0 Å². The lowest BCUT2D eigenvalue weighted by Gasteiger charge is -2.41. The second-order valence-electron chi connectivity index (χ2n) is 5.34. The molecule has 0 spiro atoms. The van der Waals surface area contributed by atoms with Crippen molar-refractivity contribution in [1.29, 1.82) is 0 Å². The number of hydrogen-bond donors (Lipinski definition) is 1. The Morgan fingerprint density at radius 1 is 1.33 bits per heavy atom. The van der Waals surface area contributed by atoms with Crippen molar-refractivity contribution in [2.45, 2.75) is 19.0 Å². The van der Waals surface area contributed by atoms with Crippen LogP contribution in [-0.2, 0) is 0 Å². The van der Waals surface area contributed by atoms with E-state index in [0.29, 0.717) is 0 Å². The molecule has 0 amide bonds. The van der Waals surface area contributed by atoms with Gasteiger partial charge in [0.1, 0.15) is 5.82 Å². The van der Waals surface area contributed by atoms with Crippen molar-refractivity contribution < 1.29 is 4.39 Å². The molecule has 2 atom stereocenters. The van der Waals surface area contributed by atoms with Crippen molar-refractivity contribution in [1.82, 2.24) is 9.80 Å². The number of aryl methyl sites for hydroxylation is 1. The van der Waals surface area contributed by atoms with Crippen molar-refractivity contribution in [2.24, 2.45) is 5.73 Å². The molecular weight excluding hydrogens is 229 g/mol. The summed E-state index contributed by atoms with van der Waals surface area (Å²) in [5.74, 6) is -0.197. The molecule has 0 aromatic heterocycles. The topological polar surface area (TPSA) is 32.5 Å². The summed E-state index contributed by atoms with van der Waals surface area (Å²) < 4.78 is 13.1. The quantitative estimate of drug-likeness (QED) is 0.862. The zero-order valence-electron chi connectivity index (χ0n) is 11.4. The molecule has 2 rings (SSSR count). The number of halogens is 1. The predicted molar refractivity (Wildman–Crippen MR) is 72.0 cm³/mol. The second-order valence-corrected chi connectivity index (χ2v) is 5.34. The van der Waals surface area contributed by atoms with Gasteiger partial charge in [0.25, 0.3) is 0 Å². The molecule has 2 unspecified atom stereocenters. The third-order valence-corrected chi connectivity index (χ3v) is 3.90. The van der Waals surface area contributed by atoms with E-state index in [2.05, 4.69) is 23.9 Å². The van der Waals surface area contributed by atoms with Crippen LogP contribution >= 0.6 is 0 Å². The molecule has 1 aromatic rings. The molecule has 2 N–H and O–H groups in total. The number of nitrogens with zero attached hydrogens (tertiary/aromatic N) is 2. The molecule has 100 valence electrons. The van der Waals surface area contributed by atoms with Crippen LogP contribution in [-0.4, -0.2) is 49.6 Å². The molecule has 1 aliphatic rings. The molecule has 0 aliphatic carbocycles. The first-order valence-corrected chi connectivity index (χ1v) is 6.39. The fraction of sp³-hybridized carbons (Fsp3) is 0.571. The fourth-order valence-corrected chi connectivity index (χ4v) is 2.65. The molecule has 0 bridgehead atoms. The van der Waals surface area contributed by atoms with Crippen LogP contribution in [0.25, 0.3) is 0 Å². The molecule has 1 aromatic carbocycles. The number of benzene rings is 1. The summed E-state index contributed by atoms with van der Waals surface area (Å²) in [6.45, 7) is 4.97. The molecular formula is C14H22FN3. The van der Waals surface area contributed by atoms with Gasteiger partial charge in [0.15, 0.2) is 0 Å². The zero-order valence-corrected chi connectivity index (χ0v) is 11.4. The van der Waals surface area contributed by atoms with Gasteiger partial charge >= 0.3 is 0 Å². The van der Waals surface area contributed by atoms with Gasteiger partial charge < -0.3 is 10.6 Å². The van der Waals surface area contributed by atoms with Gasteiger partial charge in [0.05, 0.1) is 0 Å². The predicted octanol–water partition coefficient (Wildman–Crippen LogP) is 1.38. The van der Waals surface area contributed by atoms with Gasteiger partial charge in [-0.25, -0.2) is 4.39 Å². The maximum absolute atomic E-state index is 13.1. The highest BCUT2D eigenvalue weighted by atomic mass is 19.1. The number of likely N-dealkylation sites (N-methyl/N-ethyl adjacent to an activating group) is 2. The Morgan fingerprint density at radius 3 is 2.72 bits per heavy atom. The third kappa shape index (κ3) is 2.71. The minimum Gasteiger partial charge on any atom is -0.323 e. The summed E-state index contributed by atoms with van der Waals surface area (Å²) in [7, 11) is 4.22. The lowest BCUT2D eigenvalue weighted by molar-refractivity contribution is 0.0972. The third-order valence-electron chi connectivity index (χ3n) is 3.90. The molecule has 1 fully saturated rings. The Bertz CT molecular complexity index is 422. The molecule has 0 radical (unpaired) electrons. The summed E-state index contributed by atoms with van der Waals surface area (Å²) in [5, 5.41) is 0. The van der Waals surface area contributed by atoms with E-state index in [4.69, 9.17) is 5.73 Å². The Labute approximate surface area is 108 Å². The Morgan fingerprint density at radius 2 is 2.06 bits per heavy atom. The van der Waals surface area contributed by atoms with Crippen LogP contribution < -0.4 is 5.73 Å². The smallest absolute Gasteiger partial charge is 0.123 e. The maximum atomic E-state index is 13.1. The van der Waals surface area contributed by atoms with E-state index in [9.17, 15) is 4.39 Å². The Balaban J connectivity index is 2.21. The molecule has 1 heterocycles. The van der Waals surface area contributed by atoms with Gasteiger partial charge in [-0.1, -0.05) is 6.07 Å². The summed E-state index contributed by atoms with van der Waals surface area (Å²) >= 11 is 0. The largest absolute Gasteiger partial charge is 0.323 e. The highest BCUT2D eigenvalue weighted by molar-refractivity contribution is 5.30. The van der Waals surface area contributed by atoms with Gasteiger partial charge in [-0.15, -0.1) is 0 Å². The van der Waals surface area contributed by atoms with Crippen molar-refractivity contribution in [2.75, 3.05) is 33.7 Å². The highest BCUT2D eigenvalue weighted by Crippen LogP contribution is 2.24. The summed E-state index contributed by atoms with van der Waals surface area (Å²) in [5.41, 5.74) is 8.36. The standard InChI is InChI=1S/C14H22FN3/c1-10-8-11(15)4-5-12(10)14(16)13-9-17(2)6-7-18(13)3/h4-5,8,13-14H,6-7,9,16H2,1-3H3.